The van der Waals surface area contributed by atoms with E-state index in [1.165, 1.54) is 0 Å². The molecular weight excluding hydrogens is 124 g/mol. The minimum Gasteiger partial charge on any atom is -0.237 e. The summed E-state index contributed by atoms with van der Waals surface area (Å²) in [4.78, 5) is 0. The Morgan fingerprint density at radius 2 is 1.75 bits per heavy atom. The number of rotatable bonds is 1. The van der Waals surface area contributed by atoms with E-state index < -0.39 is 12.3 Å². The monoisotopic (exact) mass is 129 g/mol. The van der Waals surface area contributed by atoms with E-state index in [2.05, 4.69) is 0 Å². The SMILES string of the molecule is C[CH]C(F)C(F)(F)F. The molecule has 0 aliphatic carbocycles. The first-order valence-corrected chi connectivity index (χ1v) is 1.98. The molecule has 0 N–H and O–H groups in total. The first kappa shape index (κ1) is 7.72. The maximum absolute atomic E-state index is 11.5. The van der Waals surface area contributed by atoms with Crippen molar-refractivity contribution in [1.29, 1.82) is 0 Å². The highest BCUT2D eigenvalue weighted by atomic mass is 19.4. The maximum Gasteiger partial charge on any atom is 0.419 e. The van der Waals surface area contributed by atoms with Crippen LogP contribution >= 0.6 is 0 Å². The smallest absolute Gasteiger partial charge is 0.237 e. The van der Waals surface area contributed by atoms with E-state index in [0.717, 1.165) is 6.92 Å². The molecule has 0 bridgehead atoms. The molecule has 0 aliphatic rings. The topological polar surface area (TPSA) is 0 Å². The highest BCUT2D eigenvalue weighted by Crippen LogP contribution is 2.23. The van der Waals surface area contributed by atoms with Crippen molar-refractivity contribution in [2.24, 2.45) is 0 Å². The maximum atomic E-state index is 11.5. The van der Waals surface area contributed by atoms with Gasteiger partial charge >= 0.3 is 6.18 Å². The van der Waals surface area contributed by atoms with Crippen LogP contribution in [-0.4, -0.2) is 12.3 Å². The second-order valence-electron chi connectivity index (χ2n) is 1.28. The number of hydrogen-bond donors (Lipinski definition) is 0. The zero-order valence-corrected chi connectivity index (χ0v) is 4.17. The quantitative estimate of drug-likeness (QED) is 0.475. The summed E-state index contributed by atoms with van der Waals surface area (Å²) in [5, 5.41) is 0. The van der Waals surface area contributed by atoms with Gasteiger partial charge in [0, 0.05) is 6.42 Å². The fraction of sp³-hybridized carbons (Fsp3) is 0.750. The van der Waals surface area contributed by atoms with E-state index in [1.807, 2.05) is 0 Å². The predicted molar refractivity (Wildman–Crippen MR) is 20.9 cm³/mol. The lowest BCUT2D eigenvalue weighted by Crippen LogP contribution is -2.23. The molecule has 0 spiro atoms. The predicted octanol–water partition coefficient (Wildman–Crippen LogP) is 2.11. The highest BCUT2D eigenvalue weighted by Gasteiger charge is 2.38. The Labute approximate surface area is 44.5 Å². The van der Waals surface area contributed by atoms with Gasteiger partial charge in [-0.3, -0.25) is 0 Å². The molecule has 0 heterocycles. The summed E-state index contributed by atoms with van der Waals surface area (Å²) in [6.45, 7) is 1.03. The van der Waals surface area contributed by atoms with Crippen molar-refractivity contribution in [3.05, 3.63) is 6.42 Å². The highest BCUT2D eigenvalue weighted by molar-refractivity contribution is 4.76. The minimum absolute atomic E-state index is 0.458. The summed E-state index contributed by atoms with van der Waals surface area (Å²) < 4.78 is 44.6. The van der Waals surface area contributed by atoms with Gasteiger partial charge in [0.25, 0.3) is 0 Å². The Bertz CT molecular complexity index is 64.9. The van der Waals surface area contributed by atoms with Crippen LogP contribution in [0.15, 0.2) is 0 Å². The Morgan fingerprint density at radius 3 is 1.75 bits per heavy atom. The van der Waals surface area contributed by atoms with Gasteiger partial charge in [0.2, 0.25) is 0 Å². The van der Waals surface area contributed by atoms with Gasteiger partial charge in [0.1, 0.15) is 0 Å². The second kappa shape index (κ2) is 2.33. The van der Waals surface area contributed by atoms with Crippen LogP contribution in [0.25, 0.3) is 0 Å². The summed E-state index contributed by atoms with van der Waals surface area (Å²) in [7, 11) is 0. The molecule has 0 rings (SSSR count). The fourth-order valence-corrected chi connectivity index (χ4v) is 0.189. The molecule has 1 atom stereocenters. The Balaban J connectivity index is 3.62. The van der Waals surface area contributed by atoms with Crippen molar-refractivity contribution in [2.45, 2.75) is 19.3 Å². The summed E-state index contributed by atoms with van der Waals surface area (Å²) in [6, 6.07) is 0. The van der Waals surface area contributed by atoms with E-state index in [9.17, 15) is 17.6 Å². The van der Waals surface area contributed by atoms with Gasteiger partial charge < -0.3 is 0 Å². The van der Waals surface area contributed by atoms with Crippen LogP contribution in [0.5, 0.6) is 0 Å². The largest absolute Gasteiger partial charge is 0.419 e. The molecule has 49 valence electrons. The van der Waals surface area contributed by atoms with Crippen LogP contribution in [0.3, 0.4) is 0 Å². The first-order valence-electron chi connectivity index (χ1n) is 1.98. The molecule has 0 saturated heterocycles. The summed E-state index contributed by atoms with van der Waals surface area (Å²) in [5.41, 5.74) is 0. The zero-order valence-electron chi connectivity index (χ0n) is 4.17. The van der Waals surface area contributed by atoms with Gasteiger partial charge in [-0.25, -0.2) is 4.39 Å². The zero-order chi connectivity index (χ0) is 6.78. The van der Waals surface area contributed by atoms with Crippen LogP contribution in [0, 0.1) is 6.42 Å². The van der Waals surface area contributed by atoms with Crippen LogP contribution in [0.2, 0.25) is 0 Å². The van der Waals surface area contributed by atoms with Gasteiger partial charge in [0.05, 0.1) is 0 Å². The van der Waals surface area contributed by atoms with Gasteiger partial charge in [-0.1, -0.05) is 6.92 Å². The third kappa shape index (κ3) is 2.14. The van der Waals surface area contributed by atoms with Crippen molar-refractivity contribution >= 4 is 0 Å². The van der Waals surface area contributed by atoms with E-state index >= 15 is 0 Å². The lowest BCUT2D eigenvalue weighted by Gasteiger charge is -2.07. The molecule has 0 nitrogen and oxygen atoms in total. The molecule has 4 heteroatoms. The van der Waals surface area contributed by atoms with Crippen LogP contribution in [0.4, 0.5) is 17.6 Å². The third-order valence-electron chi connectivity index (χ3n) is 0.605. The van der Waals surface area contributed by atoms with Crippen LogP contribution < -0.4 is 0 Å². The molecule has 0 aromatic carbocycles. The van der Waals surface area contributed by atoms with Crippen LogP contribution in [-0.2, 0) is 0 Å². The van der Waals surface area contributed by atoms with Crippen LogP contribution in [0.1, 0.15) is 6.92 Å². The molecule has 1 unspecified atom stereocenters. The van der Waals surface area contributed by atoms with Crippen molar-refractivity contribution in [3.63, 3.8) is 0 Å². The van der Waals surface area contributed by atoms with Gasteiger partial charge in [-0.05, 0) is 0 Å². The Hall–Kier alpha value is -0.280. The van der Waals surface area contributed by atoms with Crippen molar-refractivity contribution in [1.82, 2.24) is 0 Å². The third-order valence-corrected chi connectivity index (χ3v) is 0.605. The minimum atomic E-state index is -4.71. The number of hydrogen-bond acceptors (Lipinski definition) is 0. The molecule has 1 radical (unpaired) electrons. The van der Waals surface area contributed by atoms with E-state index in [4.69, 9.17) is 0 Å². The molecule has 0 aromatic rings. The summed E-state index contributed by atoms with van der Waals surface area (Å²) >= 11 is 0. The van der Waals surface area contributed by atoms with Crippen molar-refractivity contribution in [3.8, 4) is 0 Å². The lowest BCUT2D eigenvalue weighted by molar-refractivity contribution is -0.170. The molecule has 8 heavy (non-hydrogen) atoms. The standard InChI is InChI=1S/C4H5F4/c1-2-3(5)4(6,7)8/h2-3H,1H3. The summed E-state index contributed by atoms with van der Waals surface area (Å²) in [6.07, 6.45) is -7.03. The fourth-order valence-electron chi connectivity index (χ4n) is 0.189. The van der Waals surface area contributed by atoms with Gasteiger partial charge in [0.15, 0.2) is 6.17 Å². The van der Waals surface area contributed by atoms with Gasteiger partial charge in [-0.2, -0.15) is 13.2 Å². The van der Waals surface area contributed by atoms with Gasteiger partial charge in [-0.15, -0.1) is 0 Å². The second-order valence-corrected chi connectivity index (χ2v) is 1.28. The van der Waals surface area contributed by atoms with E-state index in [0.29, 0.717) is 6.42 Å². The normalized spacial score (nSPS) is 16.1. The van der Waals surface area contributed by atoms with Crippen molar-refractivity contribution < 1.29 is 17.6 Å². The van der Waals surface area contributed by atoms with E-state index in [1.54, 1.807) is 0 Å². The Morgan fingerprint density at radius 1 is 1.38 bits per heavy atom. The molecular formula is C4H5F4. The molecule has 0 fully saturated rings. The first-order chi connectivity index (χ1) is 3.48. The average Bonchev–Trinajstić information content (AvgIpc) is 1.62. The van der Waals surface area contributed by atoms with Crippen molar-refractivity contribution in [2.75, 3.05) is 0 Å². The molecule has 0 saturated carbocycles. The lowest BCUT2D eigenvalue weighted by atomic mass is 10.3. The Kier molecular flexibility index (Phi) is 2.25. The molecule has 0 aliphatic heterocycles. The average molecular weight is 129 g/mol. The summed E-state index contributed by atoms with van der Waals surface area (Å²) in [5.74, 6) is 0. The number of alkyl halides is 4. The molecule has 0 amide bonds. The molecule has 0 aromatic heterocycles. The van der Waals surface area contributed by atoms with E-state index in [-0.39, 0.29) is 0 Å². The number of halogens is 4.